The molecule has 0 unspecified atom stereocenters. The molecule has 338 valence electrons. The Hall–Kier alpha value is -1.31. The first-order valence-corrected chi connectivity index (χ1v) is 21.8. The van der Waals surface area contributed by atoms with E-state index >= 15 is 0 Å². The Labute approximate surface area is 348 Å². The lowest BCUT2D eigenvalue weighted by atomic mass is 9.32. The molecule has 0 bridgehead atoms. The molecule has 0 radical (unpaired) electrons. The summed E-state index contributed by atoms with van der Waals surface area (Å²) in [5.41, 5.74) is -1.03. The summed E-state index contributed by atoms with van der Waals surface area (Å²) in [5, 5.41) is 88.9. The highest BCUT2D eigenvalue weighted by Crippen LogP contribution is 2.76. The SMILES string of the molecule is CO[C@@H]1C=C2[C@H]3CC(C)(C)CC[C@]3(CO)[C@@H](O)C[C@@]2(C)[C@]2(C)CC[C@H]3[C@](C)(CO)[C@@H](O[C@@H]4O[C@H](C)[C@H](O)[C@H](O[C@@H]5O[C@H](OC(C)=O)[C@@H](O)[C@H](O)[C@H]5O)[C@H]4O)CC[C@]3(C)[C@@H]12. The molecule has 2 aliphatic heterocycles. The molecular weight excluding hydrogens is 768 g/mol. The lowest BCUT2D eigenvalue weighted by Gasteiger charge is -2.73. The maximum absolute atomic E-state index is 12.1. The Morgan fingerprint density at radius 3 is 2.07 bits per heavy atom. The van der Waals surface area contributed by atoms with Crippen LogP contribution in [0.2, 0.25) is 0 Å². The Bertz CT molecular complexity index is 1590. The Morgan fingerprint density at radius 1 is 0.780 bits per heavy atom. The summed E-state index contributed by atoms with van der Waals surface area (Å²) in [5.74, 6) is -0.835. The first-order valence-electron chi connectivity index (χ1n) is 21.8. The number of ether oxygens (including phenoxy) is 6. The summed E-state index contributed by atoms with van der Waals surface area (Å²) in [6, 6.07) is 0. The van der Waals surface area contributed by atoms with E-state index in [0.29, 0.717) is 19.3 Å². The second kappa shape index (κ2) is 15.7. The smallest absolute Gasteiger partial charge is 0.305 e. The van der Waals surface area contributed by atoms with Gasteiger partial charge in [-0.15, -0.1) is 0 Å². The van der Waals surface area contributed by atoms with Gasteiger partial charge in [0, 0.05) is 30.8 Å². The number of allylic oxidation sites excluding steroid dienone is 1. The third-order valence-corrected chi connectivity index (χ3v) is 17.6. The molecule has 7 rings (SSSR count). The molecule has 0 amide bonds. The van der Waals surface area contributed by atoms with Crippen LogP contribution in [0.4, 0.5) is 0 Å². The molecule has 6 fully saturated rings. The largest absolute Gasteiger partial charge is 0.433 e. The van der Waals surface area contributed by atoms with Crippen molar-refractivity contribution in [3.05, 3.63) is 11.6 Å². The minimum atomic E-state index is -1.83. The van der Waals surface area contributed by atoms with Gasteiger partial charge in [-0.25, -0.2) is 0 Å². The standard InChI is InChI=1S/C44H72O15/c1-21-29(49)34(58-37-32(52)30(50)31(51)36(59-37)56-22(2)47)33(53)38(55-21)57-28-11-12-40(5)26(41(28,6)19-45)10-13-42(7)35(40)25(54-9)16-23-24-17-39(3,4)14-15-44(24,20-46)27(48)18-43(23,42)8/h16,21,24-38,45-46,48-53H,10-15,17-20H2,1-9H3/t21-,24-,25-,26-,27+,28+,29+,30+,31+,32-,33-,34+,35-,36+,37-,38+,40+,41+,42-,43-,44-/m1/s1. The van der Waals surface area contributed by atoms with Crippen molar-refractivity contribution in [1.29, 1.82) is 0 Å². The predicted molar refractivity (Wildman–Crippen MR) is 210 cm³/mol. The number of esters is 1. The normalized spacial score (nSPS) is 54.5. The average molecular weight is 841 g/mol. The molecule has 59 heavy (non-hydrogen) atoms. The van der Waals surface area contributed by atoms with Gasteiger partial charge in [0.05, 0.1) is 37.6 Å². The molecule has 0 spiro atoms. The molecule has 7 aliphatic rings. The van der Waals surface area contributed by atoms with Crippen LogP contribution in [0.1, 0.15) is 107 Å². The van der Waals surface area contributed by atoms with Crippen LogP contribution in [0.15, 0.2) is 11.6 Å². The molecule has 0 aromatic heterocycles. The number of hydrogen-bond donors (Lipinski definition) is 8. The number of fused-ring (bicyclic) bond motifs is 7. The lowest BCUT2D eigenvalue weighted by Crippen LogP contribution is -2.70. The summed E-state index contributed by atoms with van der Waals surface area (Å²) in [4.78, 5) is 11.6. The van der Waals surface area contributed by atoms with Gasteiger partial charge in [0.15, 0.2) is 12.6 Å². The van der Waals surface area contributed by atoms with Gasteiger partial charge < -0.3 is 69.3 Å². The number of aliphatic hydroxyl groups is 8. The van der Waals surface area contributed by atoms with E-state index in [4.69, 9.17) is 28.4 Å². The van der Waals surface area contributed by atoms with Gasteiger partial charge in [-0.05, 0) is 91.8 Å². The van der Waals surface area contributed by atoms with Crippen LogP contribution in [0.3, 0.4) is 0 Å². The van der Waals surface area contributed by atoms with Crippen LogP contribution in [0, 0.1) is 50.2 Å². The van der Waals surface area contributed by atoms with E-state index in [1.807, 2.05) is 6.92 Å². The van der Waals surface area contributed by atoms with E-state index in [1.54, 1.807) is 14.0 Å². The first-order chi connectivity index (χ1) is 27.5. The molecule has 0 aromatic carbocycles. The molecule has 2 saturated heterocycles. The van der Waals surface area contributed by atoms with Crippen LogP contribution in [-0.4, -0.2) is 147 Å². The number of aliphatic hydroxyl groups excluding tert-OH is 8. The van der Waals surface area contributed by atoms with Crippen molar-refractivity contribution in [2.75, 3.05) is 20.3 Å². The fourth-order valence-corrected chi connectivity index (χ4v) is 14.0. The summed E-state index contributed by atoms with van der Waals surface area (Å²) >= 11 is 0. The van der Waals surface area contributed by atoms with Gasteiger partial charge >= 0.3 is 5.97 Å². The van der Waals surface area contributed by atoms with Crippen molar-refractivity contribution in [3.8, 4) is 0 Å². The molecule has 15 nitrogen and oxygen atoms in total. The van der Waals surface area contributed by atoms with E-state index in [0.717, 1.165) is 39.0 Å². The fraction of sp³-hybridized carbons (Fsp3) is 0.932. The first kappa shape index (κ1) is 45.7. The highest BCUT2D eigenvalue weighted by molar-refractivity contribution is 5.66. The van der Waals surface area contributed by atoms with Crippen LogP contribution in [0.25, 0.3) is 0 Å². The van der Waals surface area contributed by atoms with E-state index in [-0.39, 0.29) is 58.7 Å². The van der Waals surface area contributed by atoms with Crippen molar-refractivity contribution >= 4 is 5.97 Å². The summed E-state index contributed by atoms with van der Waals surface area (Å²) in [7, 11) is 1.77. The zero-order valence-corrected chi connectivity index (χ0v) is 36.3. The Morgan fingerprint density at radius 2 is 1.44 bits per heavy atom. The number of methoxy groups -OCH3 is 1. The van der Waals surface area contributed by atoms with Crippen molar-refractivity contribution in [1.82, 2.24) is 0 Å². The predicted octanol–water partition coefficient (Wildman–Crippen LogP) is 1.91. The zero-order valence-electron chi connectivity index (χ0n) is 36.3. The molecule has 4 saturated carbocycles. The maximum atomic E-state index is 12.1. The van der Waals surface area contributed by atoms with E-state index in [9.17, 15) is 45.6 Å². The molecule has 21 atom stereocenters. The minimum absolute atomic E-state index is 0.0146. The van der Waals surface area contributed by atoms with E-state index in [1.165, 1.54) is 5.57 Å². The second-order valence-electron chi connectivity index (χ2n) is 21.3. The van der Waals surface area contributed by atoms with Crippen LogP contribution in [0.5, 0.6) is 0 Å². The summed E-state index contributed by atoms with van der Waals surface area (Å²) < 4.78 is 35.6. The monoisotopic (exact) mass is 840 g/mol. The molecule has 8 N–H and O–H groups in total. The van der Waals surface area contributed by atoms with Crippen LogP contribution in [-0.2, 0) is 33.2 Å². The third-order valence-electron chi connectivity index (χ3n) is 17.6. The van der Waals surface area contributed by atoms with Gasteiger partial charge in [-0.2, -0.15) is 0 Å². The van der Waals surface area contributed by atoms with E-state index < -0.39 is 90.6 Å². The fourth-order valence-electron chi connectivity index (χ4n) is 14.0. The minimum Gasteiger partial charge on any atom is -0.433 e. The third kappa shape index (κ3) is 6.91. The second-order valence-corrected chi connectivity index (χ2v) is 21.3. The topological polar surface area (TPSA) is 234 Å². The van der Waals surface area contributed by atoms with Crippen LogP contribution < -0.4 is 0 Å². The number of hydrogen-bond acceptors (Lipinski definition) is 15. The average Bonchev–Trinajstić information content (AvgIpc) is 3.17. The van der Waals surface area contributed by atoms with Crippen LogP contribution >= 0.6 is 0 Å². The quantitative estimate of drug-likeness (QED) is 0.0991. The van der Waals surface area contributed by atoms with Crippen molar-refractivity contribution < 1.29 is 74.1 Å². The summed E-state index contributed by atoms with van der Waals surface area (Å²) in [6.07, 6.45) is -8.86. The highest BCUT2D eigenvalue weighted by atomic mass is 16.8. The zero-order chi connectivity index (χ0) is 43.4. The molecular formula is C44H72O15. The van der Waals surface area contributed by atoms with Crippen molar-refractivity contribution in [3.63, 3.8) is 0 Å². The van der Waals surface area contributed by atoms with Gasteiger partial charge in [0.25, 0.3) is 0 Å². The van der Waals surface area contributed by atoms with Gasteiger partial charge in [0.1, 0.15) is 36.6 Å². The molecule has 0 aromatic rings. The Kier molecular flexibility index (Phi) is 12.2. The Balaban J connectivity index is 1.16. The molecule has 5 aliphatic carbocycles. The highest BCUT2D eigenvalue weighted by Gasteiger charge is 2.72. The van der Waals surface area contributed by atoms with Gasteiger partial charge in [-0.1, -0.05) is 53.2 Å². The number of carbonyl (C=O) groups is 1. The number of carbonyl (C=O) groups excluding carboxylic acids is 1. The van der Waals surface area contributed by atoms with Gasteiger partial charge in [0.2, 0.25) is 6.29 Å². The van der Waals surface area contributed by atoms with Gasteiger partial charge in [-0.3, -0.25) is 4.79 Å². The summed E-state index contributed by atoms with van der Waals surface area (Å²) in [6.45, 7) is 16.0. The molecule has 2 heterocycles. The van der Waals surface area contributed by atoms with E-state index in [2.05, 4.69) is 40.7 Å². The van der Waals surface area contributed by atoms with Crippen molar-refractivity contribution in [2.24, 2.45) is 50.2 Å². The molecule has 15 heteroatoms. The lowest BCUT2D eigenvalue weighted by molar-refractivity contribution is -0.383. The number of rotatable bonds is 8. The van der Waals surface area contributed by atoms with Crippen molar-refractivity contribution in [2.45, 2.75) is 187 Å². The maximum Gasteiger partial charge on any atom is 0.305 e.